The summed E-state index contributed by atoms with van der Waals surface area (Å²) < 4.78 is 5.93. The Balaban J connectivity index is 1.64. The SMILES string of the molecule is CC(C)(C)NCCCCN1CCOC2CCCCC21. The molecule has 3 nitrogen and oxygen atoms in total. The third kappa shape index (κ3) is 5.05. The molecule has 2 rings (SSSR count). The number of fused-ring (bicyclic) bond motifs is 1. The molecule has 1 aliphatic carbocycles. The summed E-state index contributed by atoms with van der Waals surface area (Å²) in [6.45, 7) is 11.2. The number of unbranched alkanes of at least 4 members (excludes halogenated alkanes) is 1. The van der Waals surface area contributed by atoms with Crippen LogP contribution in [0, 0.1) is 0 Å². The zero-order valence-corrected chi connectivity index (χ0v) is 13.1. The van der Waals surface area contributed by atoms with Gasteiger partial charge in [0, 0.05) is 18.1 Å². The molecule has 2 aliphatic rings. The van der Waals surface area contributed by atoms with Crippen molar-refractivity contribution >= 4 is 0 Å². The summed E-state index contributed by atoms with van der Waals surface area (Å²) in [5.41, 5.74) is 0.257. The molecule has 1 N–H and O–H groups in total. The summed E-state index contributed by atoms with van der Waals surface area (Å²) in [5.74, 6) is 0. The number of ether oxygens (including phenoxy) is 1. The van der Waals surface area contributed by atoms with Gasteiger partial charge in [-0.25, -0.2) is 0 Å². The van der Waals surface area contributed by atoms with E-state index in [1.165, 1.54) is 45.1 Å². The molecule has 0 spiro atoms. The van der Waals surface area contributed by atoms with Crippen LogP contribution in [0.4, 0.5) is 0 Å². The van der Waals surface area contributed by atoms with E-state index in [1.807, 2.05) is 0 Å². The quantitative estimate of drug-likeness (QED) is 0.776. The number of hydrogen-bond acceptors (Lipinski definition) is 3. The minimum absolute atomic E-state index is 0.257. The maximum atomic E-state index is 5.93. The van der Waals surface area contributed by atoms with Crippen molar-refractivity contribution < 1.29 is 4.74 Å². The van der Waals surface area contributed by atoms with Gasteiger partial charge in [0.2, 0.25) is 0 Å². The highest BCUT2D eigenvalue weighted by Crippen LogP contribution is 2.28. The fraction of sp³-hybridized carbons (Fsp3) is 1.00. The molecule has 1 aliphatic heterocycles. The summed E-state index contributed by atoms with van der Waals surface area (Å²) in [7, 11) is 0. The number of morpholine rings is 1. The van der Waals surface area contributed by atoms with Gasteiger partial charge < -0.3 is 10.1 Å². The van der Waals surface area contributed by atoms with Crippen molar-refractivity contribution in [2.45, 2.75) is 77.0 Å². The van der Waals surface area contributed by atoms with E-state index in [2.05, 4.69) is 31.0 Å². The molecule has 1 heterocycles. The lowest BCUT2D eigenvalue weighted by molar-refractivity contribution is -0.0882. The van der Waals surface area contributed by atoms with Crippen LogP contribution in [0.1, 0.15) is 59.3 Å². The molecule has 2 atom stereocenters. The lowest BCUT2D eigenvalue weighted by atomic mass is 9.90. The standard InChI is InChI=1S/C16H32N2O/c1-16(2,3)17-10-6-7-11-18-12-13-19-15-9-5-4-8-14(15)18/h14-15,17H,4-13H2,1-3H3. The smallest absolute Gasteiger partial charge is 0.0730 e. The summed E-state index contributed by atoms with van der Waals surface area (Å²) >= 11 is 0. The maximum Gasteiger partial charge on any atom is 0.0730 e. The molecule has 0 bridgehead atoms. The Morgan fingerprint density at radius 1 is 1.16 bits per heavy atom. The minimum Gasteiger partial charge on any atom is -0.375 e. The number of hydrogen-bond donors (Lipinski definition) is 1. The molecule has 3 heteroatoms. The summed E-state index contributed by atoms with van der Waals surface area (Å²) in [6.07, 6.45) is 8.53. The Morgan fingerprint density at radius 3 is 2.74 bits per heavy atom. The largest absolute Gasteiger partial charge is 0.375 e. The second kappa shape index (κ2) is 7.05. The van der Waals surface area contributed by atoms with Gasteiger partial charge in [-0.05, 0) is 59.5 Å². The van der Waals surface area contributed by atoms with Crippen molar-refractivity contribution in [3.05, 3.63) is 0 Å². The Labute approximate surface area is 119 Å². The Bertz CT molecular complexity index is 260. The number of rotatable bonds is 5. The van der Waals surface area contributed by atoms with Gasteiger partial charge in [-0.15, -0.1) is 0 Å². The first-order chi connectivity index (χ1) is 9.06. The molecule has 1 saturated heterocycles. The molecule has 1 saturated carbocycles. The molecule has 0 radical (unpaired) electrons. The van der Waals surface area contributed by atoms with Crippen LogP contribution in [0.3, 0.4) is 0 Å². The third-order valence-corrected chi connectivity index (χ3v) is 4.37. The Kier molecular flexibility index (Phi) is 5.67. The average molecular weight is 268 g/mol. The first-order valence-electron chi connectivity index (χ1n) is 8.17. The molecule has 0 aromatic rings. The minimum atomic E-state index is 0.257. The van der Waals surface area contributed by atoms with Crippen LogP contribution in [0.2, 0.25) is 0 Å². The maximum absolute atomic E-state index is 5.93. The van der Waals surface area contributed by atoms with Crippen LogP contribution in [-0.4, -0.2) is 48.8 Å². The molecule has 2 unspecified atom stereocenters. The van der Waals surface area contributed by atoms with Crippen molar-refractivity contribution in [3.63, 3.8) is 0 Å². The third-order valence-electron chi connectivity index (χ3n) is 4.37. The van der Waals surface area contributed by atoms with Crippen molar-refractivity contribution in [2.24, 2.45) is 0 Å². The molecule has 0 aromatic carbocycles. The van der Waals surface area contributed by atoms with Crippen molar-refractivity contribution in [3.8, 4) is 0 Å². The van der Waals surface area contributed by atoms with Gasteiger partial charge in [0.25, 0.3) is 0 Å². The van der Waals surface area contributed by atoms with Gasteiger partial charge >= 0.3 is 0 Å². The van der Waals surface area contributed by atoms with Gasteiger partial charge in [0.05, 0.1) is 12.7 Å². The second-order valence-corrected chi connectivity index (χ2v) is 7.18. The van der Waals surface area contributed by atoms with E-state index in [0.29, 0.717) is 6.10 Å². The molecule has 0 aromatic heterocycles. The van der Waals surface area contributed by atoms with Crippen LogP contribution >= 0.6 is 0 Å². The molecule has 112 valence electrons. The van der Waals surface area contributed by atoms with Crippen LogP contribution in [-0.2, 0) is 4.74 Å². The van der Waals surface area contributed by atoms with E-state index in [-0.39, 0.29) is 5.54 Å². The van der Waals surface area contributed by atoms with Gasteiger partial charge in [0.1, 0.15) is 0 Å². The topological polar surface area (TPSA) is 24.5 Å². The van der Waals surface area contributed by atoms with Gasteiger partial charge in [-0.2, -0.15) is 0 Å². The van der Waals surface area contributed by atoms with E-state index < -0.39 is 0 Å². The highest BCUT2D eigenvalue weighted by Gasteiger charge is 2.33. The molecular weight excluding hydrogens is 236 g/mol. The lowest BCUT2D eigenvalue weighted by Crippen LogP contribution is -2.52. The van der Waals surface area contributed by atoms with E-state index in [0.717, 1.165) is 25.7 Å². The fourth-order valence-electron chi connectivity index (χ4n) is 3.36. The van der Waals surface area contributed by atoms with E-state index >= 15 is 0 Å². The molecule has 2 fully saturated rings. The first kappa shape index (κ1) is 15.3. The Morgan fingerprint density at radius 2 is 1.95 bits per heavy atom. The predicted octanol–water partition coefficient (Wildman–Crippen LogP) is 2.80. The van der Waals surface area contributed by atoms with E-state index in [1.54, 1.807) is 0 Å². The normalized spacial score (nSPS) is 29.2. The zero-order valence-electron chi connectivity index (χ0n) is 13.1. The van der Waals surface area contributed by atoms with Gasteiger partial charge in [0.15, 0.2) is 0 Å². The predicted molar refractivity (Wildman–Crippen MR) is 80.6 cm³/mol. The van der Waals surface area contributed by atoms with Crippen LogP contribution in [0.15, 0.2) is 0 Å². The zero-order chi connectivity index (χ0) is 13.7. The number of nitrogens with one attached hydrogen (secondary N) is 1. The van der Waals surface area contributed by atoms with Crippen molar-refractivity contribution in [1.82, 2.24) is 10.2 Å². The molecular formula is C16H32N2O. The van der Waals surface area contributed by atoms with Gasteiger partial charge in [-0.3, -0.25) is 4.90 Å². The lowest BCUT2D eigenvalue weighted by Gasteiger charge is -2.44. The van der Waals surface area contributed by atoms with Gasteiger partial charge in [-0.1, -0.05) is 12.8 Å². The van der Waals surface area contributed by atoms with Crippen LogP contribution < -0.4 is 5.32 Å². The summed E-state index contributed by atoms with van der Waals surface area (Å²) in [5, 5.41) is 3.57. The Hall–Kier alpha value is -0.120. The monoisotopic (exact) mass is 268 g/mol. The summed E-state index contributed by atoms with van der Waals surface area (Å²) in [6, 6.07) is 0.720. The summed E-state index contributed by atoms with van der Waals surface area (Å²) in [4.78, 5) is 2.70. The highest BCUT2D eigenvalue weighted by atomic mass is 16.5. The average Bonchev–Trinajstić information content (AvgIpc) is 2.37. The first-order valence-corrected chi connectivity index (χ1v) is 8.17. The molecule has 19 heavy (non-hydrogen) atoms. The fourth-order valence-corrected chi connectivity index (χ4v) is 3.36. The van der Waals surface area contributed by atoms with E-state index in [4.69, 9.17) is 4.74 Å². The van der Waals surface area contributed by atoms with E-state index in [9.17, 15) is 0 Å². The molecule has 0 amide bonds. The number of nitrogens with zero attached hydrogens (tertiary/aromatic N) is 1. The van der Waals surface area contributed by atoms with Crippen molar-refractivity contribution in [1.29, 1.82) is 0 Å². The van der Waals surface area contributed by atoms with Crippen molar-refractivity contribution in [2.75, 3.05) is 26.2 Å². The highest BCUT2D eigenvalue weighted by molar-refractivity contribution is 4.87. The van der Waals surface area contributed by atoms with Crippen LogP contribution in [0.25, 0.3) is 0 Å². The van der Waals surface area contributed by atoms with Crippen LogP contribution in [0.5, 0.6) is 0 Å². The second-order valence-electron chi connectivity index (χ2n) is 7.18.